The molecular formula is C15H23FN2O. The van der Waals surface area contributed by atoms with Gasteiger partial charge in [-0.15, -0.1) is 0 Å². The molecule has 1 aromatic carbocycles. The van der Waals surface area contributed by atoms with Gasteiger partial charge in [0.2, 0.25) is 0 Å². The third-order valence-electron chi connectivity index (χ3n) is 3.39. The van der Waals surface area contributed by atoms with Crippen LogP contribution in [0.5, 0.6) is 5.75 Å². The predicted octanol–water partition coefficient (Wildman–Crippen LogP) is 2.80. The molecule has 4 heteroatoms. The standard InChI is InChI=1S/C15H23FN2O/c1-2-3-4-11-19-13-5-6-15(14(16)12-13)18-9-7-17-8-10-18/h5-6,12,17H,2-4,7-11H2,1H3. The number of hydrogen-bond acceptors (Lipinski definition) is 3. The van der Waals surface area contributed by atoms with Crippen LogP contribution in [0.25, 0.3) is 0 Å². The summed E-state index contributed by atoms with van der Waals surface area (Å²) >= 11 is 0. The van der Waals surface area contributed by atoms with Gasteiger partial charge in [-0.05, 0) is 18.6 Å². The molecule has 0 amide bonds. The topological polar surface area (TPSA) is 24.5 Å². The van der Waals surface area contributed by atoms with Gasteiger partial charge >= 0.3 is 0 Å². The van der Waals surface area contributed by atoms with Crippen molar-refractivity contribution in [3.05, 3.63) is 24.0 Å². The lowest BCUT2D eigenvalue weighted by molar-refractivity contribution is 0.305. The lowest BCUT2D eigenvalue weighted by Gasteiger charge is -2.29. The van der Waals surface area contributed by atoms with Gasteiger partial charge in [-0.1, -0.05) is 19.8 Å². The molecule has 0 spiro atoms. The highest BCUT2D eigenvalue weighted by molar-refractivity contribution is 5.51. The van der Waals surface area contributed by atoms with Crippen LogP contribution in [-0.2, 0) is 0 Å². The summed E-state index contributed by atoms with van der Waals surface area (Å²) in [6, 6.07) is 5.20. The number of rotatable bonds is 6. The molecule has 1 fully saturated rings. The van der Waals surface area contributed by atoms with E-state index in [2.05, 4.69) is 17.1 Å². The molecule has 0 unspecified atom stereocenters. The number of piperazine rings is 1. The average Bonchev–Trinajstić information content (AvgIpc) is 2.45. The zero-order valence-corrected chi connectivity index (χ0v) is 11.6. The summed E-state index contributed by atoms with van der Waals surface area (Å²) in [5.74, 6) is 0.447. The van der Waals surface area contributed by atoms with Crippen LogP contribution in [0.4, 0.5) is 10.1 Å². The zero-order chi connectivity index (χ0) is 13.5. The van der Waals surface area contributed by atoms with Gasteiger partial charge in [-0.3, -0.25) is 0 Å². The maximum atomic E-state index is 14.1. The Morgan fingerprint density at radius 1 is 1.26 bits per heavy atom. The fourth-order valence-electron chi connectivity index (χ4n) is 2.28. The molecule has 1 aromatic rings. The number of anilines is 1. The summed E-state index contributed by atoms with van der Waals surface area (Å²) in [7, 11) is 0. The first-order valence-corrected chi connectivity index (χ1v) is 7.19. The number of unbranched alkanes of at least 4 members (excludes halogenated alkanes) is 2. The van der Waals surface area contributed by atoms with E-state index in [1.807, 2.05) is 12.1 Å². The van der Waals surface area contributed by atoms with Crippen molar-refractivity contribution in [1.29, 1.82) is 0 Å². The molecule has 2 rings (SSSR count). The van der Waals surface area contributed by atoms with Gasteiger partial charge in [0.25, 0.3) is 0 Å². The minimum Gasteiger partial charge on any atom is -0.493 e. The Kier molecular flexibility index (Phi) is 5.45. The quantitative estimate of drug-likeness (QED) is 0.801. The average molecular weight is 266 g/mol. The molecule has 106 valence electrons. The van der Waals surface area contributed by atoms with Crippen LogP contribution in [0.1, 0.15) is 26.2 Å². The molecule has 0 aromatic heterocycles. The maximum Gasteiger partial charge on any atom is 0.150 e. The molecule has 1 N–H and O–H groups in total. The van der Waals surface area contributed by atoms with E-state index in [1.165, 1.54) is 12.5 Å². The largest absolute Gasteiger partial charge is 0.493 e. The molecule has 1 saturated heterocycles. The first-order chi connectivity index (χ1) is 9.31. The number of hydrogen-bond donors (Lipinski definition) is 1. The molecule has 19 heavy (non-hydrogen) atoms. The van der Waals surface area contributed by atoms with E-state index in [4.69, 9.17) is 4.74 Å². The van der Waals surface area contributed by atoms with Crippen molar-refractivity contribution in [3.8, 4) is 5.75 Å². The van der Waals surface area contributed by atoms with Crippen LogP contribution in [0.2, 0.25) is 0 Å². The van der Waals surface area contributed by atoms with E-state index >= 15 is 0 Å². The fourth-order valence-corrected chi connectivity index (χ4v) is 2.28. The molecule has 1 aliphatic rings. The van der Waals surface area contributed by atoms with Crippen molar-refractivity contribution in [2.24, 2.45) is 0 Å². The van der Waals surface area contributed by atoms with Crippen LogP contribution in [0.15, 0.2) is 18.2 Å². The highest BCUT2D eigenvalue weighted by atomic mass is 19.1. The second-order valence-electron chi connectivity index (χ2n) is 4.91. The van der Waals surface area contributed by atoms with E-state index in [0.717, 1.165) is 39.0 Å². The minimum absolute atomic E-state index is 0.185. The van der Waals surface area contributed by atoms with Crippen LogP contribution in [0.3, 0.4) is 0 Å². The van der Waals surface area contributed by atoms with Crippen LogP contribution in [-0.4, -0.2) is 32.8 Å². The Morgan fingerprint density at radius 2 is 2.05 bits per heavy atom. The van der Waals surface area contributed by atoms with E-state index < -0.39 is 0 Å². The smallest absolute Gasteiger partial charge is 0.150 e. The second-order valence-corrected chi connectivity index (χ2v) is 4.91. The third-order valence-corrected chi connectivity index (χ3v) is 3.39. The van der Waals surface area contributed by atoms with Crippen LogP contribution in [0, 0.1) is 5.82 Å². The summed E-state index contributed by atoms with van der Waals surface area (Å²) in [5, 5.41) is 3.27. The van der Waals surface area contributed by atoms with Gasteiger partial charge in [-0.2, -0.15) is 0 Å². The lowest BCUT2D eigenvalue weighted by atomic mass is 10.2. The van der Waals surface area contributed by atoms with Crippen molar-refractivity contribution in [2.75, 3.05) is 37.7 Å². The van der Waals surface area contributed by atoms with Gasteiger partial charge in [0.05, 0.1) is 12.3 Å². The summed E-state index contributed by atoms with van der Waals surface area (Å²) in [6.45, 7) is 6.35. The SMILES string of the molecule is CCCCCOc1ccc(N2CCNCC2)c(F)c1. The zero-order valence-electron chi connectivity index (χ0n) is 11.6. The maximum absolute atomic E-state index is 14.1. The number of nitrogens with one attached hydrogen (secondary N) is 1. The summed E-state index contributed by atoms with van der Waals surface area (Å²) in [4.78, 5) is 2.08. The monoisotopic (exact) mass is 266 g/mol. The Hall–Kier alpha value is -1.29. The highest BCUT2D eigenvalue weighted by Gasteiger charge is 2.14. The van der Waals surface area contributed by atoms with Gasteiger partial charge in [-0.25, -0.2) is 4.39 Å². The first kappa shape index (κ1) is 14.1. The summed E-state index contributed by atoms with van der Waals surface area (Å²) in [5.41, 5.74) is 0.683. The van der Waals surface area contributed by atoms with E-state index in [9.17, 15) is 4.39 Å². The molecule has 0 saturated carbocycles. The number of halogens is 1. The number of benzene rings is 1. The molecule has 0 radical (unpaired) electrons. The number of ether oxygens (including phenoxy) is 1. The third kappa shape index (κ3) is 4.10. The number of nitrogens with zero attached hydrogens (tertiary/aromatic N) is 1. The molecule has 0 atom stereocenters. The molecule has 1 heterocycles. The Morgan fingerprint density at radius 3 is 2.74 bits per heavy atom. The second kappa shape index (κ2) is 7.34. The van der Waals surface area contributed by atoms with Crippen LogP contribution < -0.4 is 15.0 Å². The van der Waals surface area contributed by atoms with Gasteiger partial charge in [0.1, 0.15) is 11.6 Å². The summed E-state index contributed by atoms with van der Waals surface area (Å²) in [6.07, 6.45) is 3.35. The first-order valence-electron chi connectivity index (χ1n) is 7.19. The minimum atomic E-state index is -0.185. The van der Waals surface area contributed by atoms with Crippen molar-refractivity contribution < 1.29 is 9.13 Å². The van der Waals surface area contributed by atoms with Gasteiger partial charge in [0, 0.05) is 32.2 Å². The fraction of sp³-hybridized carbons (Fsp3) is 0.600. The Balaban J connectivity index is 1.92. The van der Waals surface area contributed by atoms with Crippen molar-refractivity contribution >= 4 is 5.69 Å². The normalized spacial score (nSPS) is 15.6. The molecular weight excluding hydrogens is 243 g/mol. The predicted molar refractivity (Wildman–Crippen MR) is 76.5 cm³/mol. The van der Waals surface area contributed by atoms with Gasteiger partial charge < -0.3 is 15.0 Å². The Bertz CT molecular complexity index is 392. The molecule has 0 aliphatic carbocycles. The summed E-state index contributed by atoms with van der Waals surface area (Å²) < 4.78 is 19.6. The van der Waals surface area contributed by atoms with E-state index in [-0.39, 0.29) is 5.82 Å². The van der Waals surface area contributed by atoms with E-state index in [0.29, 0.717) is 18.0 Å². The molecule has 0 bridgehead atoms. The van der Waals surface area contributed by atoms with Crippen molar-refractivity contribution in [1.82, 2.24) is 5.32 Å². The molecule has 3 nitrogen and oxygen atoms in total. The molecule has 1 aliphatic heterocycles. The van der Waals surface area contributed by atoms with E-state index in [1.54, 1.807) is 0 Å². The van der Waals surface area contributed by atoms with Gasteiger partial charge in [0.15, 0.2) is 0 Å². The van der Waals surface area contributed by atoms with Crippen molar-refractivity contribution in [3.63, 3.8) is 0 Å². The Labute approximate surface area is 114 Å². The lowest BCUT2D eigenvalue weighted by Crippen LogP contribution is -2.43. The van der Waals surface area contributed by atoms with Crippen LogP contribution >= 0.6 is 0 Å². The van der Waals surface area contributed by atoms with Crippen molar-refractivity contribution in [2.45, 2.75) is 26.2 Å². The highest BCUT2D eigenvalue weighted by Crippen LogP contribution is 2.24.